The van der Waals surface area contributed by atoms with E-state index >= 15 is 0 Å². The molecule has 3 nitrogen and oxygen atoms in total. The van der Waals surface area contributed by atoms with Gasteiger partial charge in [0, 0.05) is 43.6 Å². The summed E-state index contributed by atoms with van der Waals surface area (Å²) in [6, 6.07) is 4.88. The fourth-order valence-electron chi connectivity index (χ4n) is 1.91. The summed E-state index contributed by atoms with van der Waals surface area (Å²) in [5, 5.41) is 9.16. The number of likely N-dealkylation sites (N-methyl/N-ethyl adjacent to an activating group) is 1. The van der Waals surface area contributed by atoms with Crippen molar-refractivity contribution in [2.45, 2.75) is 12.6 Å². The highest BCUT2D eigenvalue weighted by Gasteiger charge is 2.15. The summed E-state index contributed by atoms with van der Waals surface area (Å²) < 4.78 is 0. The van der Waals surface area contributed by atoms with Crippen LogP contribution in [0, 0.1) is 0 Å². The minimum atomic E-state index is 0.601. The molecule has 0 amide bonds. The van der Waals surface area contributed by atoms with Gasteiger partial charge in [0.1, 0.15) is 0 Å². The first-order valence-corrected chi connectivity index (χ1v) is 6.37. The summed E-state index contributed by atoms with van der Waals surface area (Å²) in [7, 11) is 2.19. The van der Waals surface area contributed by atoms with Crippen LogP contribution >= 0.6 is 11.3 Å². The monoisotopic (exact) mass is 225 g/mol. The van der Waals surface area contributed by atoms with Crippen LogP contribution in [0.25, 0.3) is 0 Å². The standard InChI is InChI=1S/C11H19N3S/c1-14-5-4-13-10(9-14)7-12-8-11-3-2-6-15-11/h2-3,6,10,12-13H,4-5,7-9H2,1H3. The largest absolute Gasteiger partial charge is 0.310 e. The van der Waals surface area contributed by atoms with Crippen molar-refractivity contribution < 1.29 is 0 Å². The van der Waals surface area contributed by atoms with Crippen molar-refractivity contribution in [1.29, 1.82) is 0 Å². The van der Waals surface area contributed by atoms with Gasteiger partial charge in [-0.05, 0) is 18.5 Å². The van der Waals surface area contributed by atoms with Crippen molar-refractivity contribution in [3.63, 3.8) is 0 Å². The molecule has 84 valence electrons. The second-order valence-electron chi connectivity index (χ2n) is 4.12. The van der Waals surface area contributed by atoms with E-state index in [0.717, 1.165) is 26.2 Å². The summed E-state index contributed by atoms with van der Waals surface area (Å²) in [5.41, 5.74) is 0. The highest BCUT2D eigenvalue weighted by Crippen LogP contribution is 2.07. The van der Waals surface area contributed by atoms with E-state index in [4.69, 9.17) is 0 Å². The Balaban J connectivity index is 1.65. The van der Waals surface area contributed by atoms with Crippen molar-refractivity contribution in [3.05, 3.63) is 22.4 Å². The minimum absolute atomic E-state index is 0.601. The van der Waals surface area contributed by atoms with Crippen LogP contribution in [0.3, 0.4) is 0 Å². The van der Waals surface area contributed by atoms with Gasteiger partial charge in [-0.1, -0.05) is 6.07 Å². The van der Waals surface area contributed by atoms with Crippen LogP contribution in [-0.2, 0) is 6.54 Å². The normalized spacial score (nSPS) is 23.1. The molecular weight excluding hydrogens is 206 g/mol. The van der Waals surface area contributed by atoms with Crippen LogP contribution < -0.4 is 10.6 Å². The average molecular weight is 225 g/mol. The molecule has 0 aromatic carbocycles. The lowest BCUT2D eigenvalue weighted by atomic mass is 10.2. The van der Waals surface area contributed by atoms with E-state index in [0.29, 0.717) is 6.04 Å². The maximum absolute atomic E-state index is 3.53. The third-order valence-corrected chi connectivity index (χ3v) is 3.61. The first-order chi connectivity index (χ1) is 7.34. The maximum Gasteiger partial charge on any atom is 0.0320 e. The molecule has 1 unspecified atom stereocenters. The van der Waals surface area contributed by atoms with Crippen LogP contribution in [-0.4, -0.2) is 44.2 Å². The molecule has 1 aliphatic rings. The van der Waals surface area contributed by atoms with Gasteiger partial charge >= 0.3 is 0 Å². The van der Waals surface area contributed by atoms with E-state index in [-0.39, 0.29) is 0 Å². The molecule has 15 heavy (non-hydrogen) atoms. The number of nitrogens with one attached hydrogen (secondary N) is 2. The zero-order valence-electron chi connectivity index (χ0n) is 9.20. The third-order valence-electron chi connectivity index (χ3n) is 2.73. The van der Waals surface area contributed by atoms with E-state index in [1.54, 1.807) is 0 Å². The summed E-state index contributed by atoms with van der Waals surface area (Å²) in [6.45, 7) is 5.49. The van der Waals surface area contributed by atoms with Crippen LogP contribution in [0.5, 0.6) is 0 Å². The Bertz CT molecular complexity index is 273. The Morgan fingerprint density at radius 1 is 1.67 bits per heavy atom. The molecule has 0 spiro atoms. The van der Waals surface area contributed by atoms with Gasteiger partial charge in [-0.2, -0.15) is 0 Å². The van der Waals surface area contributed by atoms with Gasteiger partial charge in [0.15, 0.2) is 0 Å². The number of nitrogens with zero attached hydrogens (tertiary/aromatic N) is 1. The molecule has 4 heteroatoms. The molecule has 2 N–H and O–H groups in total. The lowest BCUT2D eigenvalue weighted by molar-refractivity contribution is 0.235. The Labute approximate surface area is 95.5 Å². The topological polar surface area (TPSA) is 27.3 Å². The first kappa shape index (κ1) is 11.1. The van der Waals surface area contributed by atoms with Gasteiger partial charge in [0.05, 0.1) is 0 Å². The van der Waals surface area contributed by atoms with Crippen LogP contribution in [0.15, 0.2) is 17.5 Å². The van der Waals surface area contributed by atoms with Crippen molar-refractivity contribution >= 4 is 11.3 Å². The highest BCUT2D eigenvalue weighted by molar-refractivity contribution is 7.09. The number of piperazine rings is 1. The minimum Gasteiger partial charge on any atom is -0.310 e. The zero-order valence-corrected chi connectivity index (χ0v) is 10.0. The molecule has 2 rings (SSSR count). The molecule has 2 heterocycles. The molecule has 0 bridgehead atoms. The predicted octanol–water partition coefficient (Wildman–Crippen LogP) is 0.741. The second kappa shape index (κ2) is 5.61. The molecule has 1 fully saturated rings. The van der Waals surface area contributed by atoms with Crippen molar-refractivity contribution in [2.24, 2.45) is 0 Å². The van der Waals surface area contributed by atoms with E-state index in [9.17, 15) is 0 Å². The number of rotatable bonds is 4. The molecule has 0 radical (unpaired) electrons. The Morgan fingerprint density at radius 2 is 2.60 bits per heavy atom. The van der Waals surface area contributed by atoms with Gasteiger partial charge < -0.3 is 15.5 Å². The Kier molecular flexibility index (Phi) is 4.14. The van der Waals surface area contributed by atoms with Crippen molar-refractivity contribution in [3.8, 4) is 0 Å². The first-order valence-electron chi connectivity index (χ1n) is 5.49. The van der Waals surface area contributed by atoms with Gasteiger partial charge in [0.25, 0.3) is 0 Å². The van der Waals surface area contributed by atoms with Crippen LogP contribution in [0.4, 0.5) is 0 Å². The maximum atomic E-state index is 3.53. The summed E-state index contributed by atoms with van der Waals surface area (Å²) >= 11 is 1.82. The van der Waals surface area contributed by atoms with E-state index in [2.05, 4.69) is 40.1 Å². The molecule has 1 aliphatic heterocycles. The third kappa shape index (κ3) is 3.57. The van der Waals surface area contributed by atoms with Gasteiger partial charge in [-0.15, -0.1) is 11.3 Å². The Morgan fingerprint density at radius 3 is 3.33 bits per heavy atom. The van der Waals surface area contributed by atoms with Crippen molar-refractivity contribution in [2.75, 3.05) is 33.2 Å². The van der Waals surface area contributed by atoms with E-state index in [1.165, 1.54) is 11.4 Å². The molecule has 1 aromatic rings. The predicted molar refractivity (Wildman–Crippen MR) is 65.3 cm³/mol. The van der Waals surface area contributed by atoms with Crippen LogP contribution in [0.2, 0.25) is 0 Å². The highest BCUT2D eigenvalue weighted by atomic mass is 32.1. The molecule has 1 saturated heterocycles. The second-order valence-corrected chi connectivity index (χ2v) is 5.16. The van der Waals surface area contributed by atoms with E-state index in [1.807, 2.05) is 11.3 Å². The van der Waals surface area contributed by atoms with Crippen molar-refractivity contribution in [1.82, 2.24) is 15.5 Å². The summed E-state index contributed by atoms with van der Waals surface area (Å²) in [4.78, 5) is 3.80. The fraction of sp³-hybridized carbons (Fsp3) is 0.636. The summed E-state index contributed by atoms with van der Waals surface area (Å²) in [5.74, 6) is 0. The molecule has 1 aromatic heterocycles. The lowest BCUT2D eigenvalue weighted by Gasteiger charge is -2.31. The van der Waals surface area contributed by atoms with Crippen LogP contribution in [0.1, 0.15) is 4.88 Å². The zero-order chi connectivity index (χ0) is 10.5. The SMILES string of the molecule is CN1CCNC(CNCc2cccs2)C1. The smallest absolute Gasteiger partial charge is 0.0320 e. The fourth-order valence-corrected chi connectivity index (χ4v) is 2.59. The van der Waals surface area contributed by atoms with Gasteiger partial charge in [-0.25, -0.2) is 0 Å². The molecule has 0 aliphatic carbocycles. The van der Waals surface area contributed by atoms with Gasteiger partial charge in [0.2, 0.25) is 0 Å². The molecular formula is C11H19N3S. The molecule has 0 saturated carbocycles. The van der Waals surface area contributed by atoms with Gasteiger partial charge in [-0.3, -0.25) is 0 Å². The molecule has 1 atom stereocenters. The quantitative estimate of drug-likeness (QED) is 0.791. The lowest BCUT2D eigenvalue weighted by Crippen LogP contribution is -2.52. The average Bonchev–Trinajstić information content (AvgIpc) is 2.71. The number of hydrogen-bond acceptors (Lipinski definition) is 4. The Hall–Kier alpha value is -0.420. The van der Waals surface area contributed by atoms with E-state index < -0.39 is 0 Å². The summed E-state index contributed by atoms with van der Waals surface area (Å²) in [6.07, 6.45) is 0. The number of thiophene rings is 1. The number of hydrogen-bond donors (Lipinski definition) is 2.